The Labute approximate surface area is 158 Å². The molecule has 0 aliphatic carbocycles. The van der Waals surface area contributed by atoms with E-state index in [1.165, 1.54) is 12.1 Å². The van der Waals surface area contributed by atoms with Crippen LogP contribution in [0, 0.1) is 11.7 Å². The van der Waals surface area contributed by atoms with E-state index in [0.29, 0.717) is 0 Å². The minimum absolute atomic E-state index is 0.0855. The third kappa shape index (κ3) is 4.02. The van der Waals surface area contributed by atoms with Crippen molar-refractivity contribution < 1.29 is 9.18 Å². The summed E-state index contributed by atoms with van der Waals surface area (Å²) >= 11 is 0. The normalized spacial score (nSPS) is 18.6. The Bertz CT molecular complexity index is 754. The molecule has 7 heteroatoms. The number of halogens is 1. The molecular formula is C20H24FN5O. The standard InChI is InChI=1S/C20H24FN5O/c21-17-2-4-18(5-3-17)24-12-14-25(15-13-24)19(27)16-6-10-26(11-7-16)20-22-8-1-9-23-20/h1-5,8-9,16H,6-7,10-15H2. The van der Waals surface area contributed by atoms with Gasteiger partial charge < -0.3 is 14.7 Å². The number of nitrogens with zero attached hydrogens (tertiary/aromatic N) is 5. The van der Waals surface area contributed by atoms with Crippen molar-refractivity contribution in [3.8, 4) is 0 Å². The second-order valence-corrected chi connectivity index (χ2v) is 7.10. The van der Waals surface area contributed by atoms with Crippen LogP contribution >= 0.6 is 0 Å². The minimum atomic E-state index is -0.222. The van der Waals surface area contributed by atoms with Crippen LogP contribution < -0.4 is 9.80 Å². The average Bonchev–Trinajstić information content (AvgIpc) is 2.75. The van der Waals surface area contributed by atoms with Gasteiger partial charge in [-0.25, -0.2) is 14.4 Å². The van der Waals surface area contributed by atoms with E-state index in [4.69, 9.17) is 0 Å². The van der Waals surface area contributed by atoms with Crippen molar-refractivity contribution in [2.24, 2.45) is 5.92 Å². The molecule has 0 bridgehead atoms. The fourth-order valence-corrected chi connectivity index (χ4v) is 3.88. The van der Waals surface area contributed by atoms with Gasteiger partial charge in [-0.15, -0.1) is 0 Å². The van der Waals surface area contributed by atoms with E-state index in [0.717, 1.165) is 63.7 Å². The molecule has 0 saturated carbocycles. The van der Waals surface area contributed by atoms with Crippen molar-refractivity contribution in [1.29, 1.82) is 0 Å². The Hall–Kier alpha value is -2.70. The van der Waals surface area contributed by atoms with E-state index in [2.05, 4.69) is 19.8 Å². The van der Waals surface area contributed by atoms with E-state index in [1.54, 1.807) is 24.5 Å². The molecule has 0 atom stereocenters. The van der Waals surface area contributed by atoms with Crippen LogP contribution in [0.2, 0.25) is 0 Å². The van der Waals surface area contributed by atoms with Crippen molar-refractivity contribution in [3.63, 3.8) is 0 Å². The maximum absolute atomic E-state index is 13.1. The number of anilines is 2. The smallest absolute Gasteiger partial charge is 0.225 e. The first-order valence-electron chi connectivity index (χ1n) is 9.52. The Balaban J connectivity index is 1.28. The van der Waals surface area contributed by atoms with Crippen LogP contribution in [0.5, 0.6) is 0 Å². The molecule has 27 heavy (non-hydrogen) atoms. The molecule has 1 aromatic heterocycles. The lowest BCUT2D eigenvalue weighted by atomic mass is 9.95. The van der Waals surface area contributed by atoms with Crippen LogP contribution in [0.4, 0.5) is 16.0 Å². The first kappa shape index (κ1) is 17.7. The van der Waals surface area contributed by atoms with Crippen molar-refractivity contribution in [2.75, 3.05) is 49.1 Å². The predicted octanol–water partition coefficient (Wildman–Crippen LogP) is 2.18. The zero-order valence-corrected chi connectivity index (χ0v) is 15.3. The van der Waals surface area contributed by atoms with E-state index in [9.17, 15) is 9.18 Å². The molecule has 2 aromatic rings. The summed E-state index contributed by atoms with van der Waals surface area (Å²) in [4.78, 5) is 27.8. The van der Waals surface area contributed by atoms with Gasteiger partial charge in [0.1, 0.15) is 5.82 Å². The van der Waals surface area contributed by atoms with Gasteiger partial charge in [0.15, 0.2) is 0 Å². The molecule has 0 spiro atoms. The average molecular weight is 369 g/mol. The summed E-state index contributed by atoms with van der Waals surface area (Å²) in [6, 6.07) is 8.38. The molecule has 0 unspecified atom stereocenters. The van der Waals surface area contributed by atoms with Crippen molar-refractivity contribution in [3.05, 3.63) is 48.5 Å². The molecule has 2 aliphatic rings. The number of aromatic nitrogens is 2. The number of hydrogen-bond donors (Lipinski definition) is 0. The van der Waals surface area contributed by atoms with Gasteiger partial charge in [-0.05, 0) is 43.2 Å². The van der Waals surface area contributed by atoms with E-state index in [1.807, 2.05) is 11.0 Å². The van der Waals surface area contributed by atoms with Crippen molar-refractivity contribution >= 4 is 17.5 Å². The molecule has 142 valence electrons. The molecule has 6 nitrogen and oxygen atoms in total. The molecule has 1 amide bonds. The molecule has 4 rings (SSSR count). The lowest BCUT2D eigenvalue weighted by molar-refractivity contribution is -0.136. The summed E-state index contributed by atoms with van der Waals surface area (Å²) in [5.74, 6) is 0.876. The summed E-state index contributed by atoms with van der Waals surface area (Å²) in [7, 11) is 0. The van der Waals surface area contributed by atoms with Crippen molar-refractivity contribution in [2.45, 2.75) is 12.8 Å². The second kappa shape index (κ2) is 7.90. The molecule has 2 aliphatic heterocycles. The predicted molar refractivity (Wildman–Crippen MR) is 102 cm³/mol. The monoisotopic (exact) mass is 369 g/mol. The fraction of sp³-hybridized carbons (Fsp3) is 0.450. The molecule has 2 saturated heterocycles. The van der Waals surface area contributed by atoms with Crippen LogP contribution in [0.1, 0.15) is 12.8 Å². The van der Waals surface area contributed by atoms with Crippen LogP contribution in [0.25, 0.3) is 0 Å². The first-order chi connectivity index (χ1) is 13.2. The number of carbonyl (C=O) groups excluding carboxylic acids is 1. The molecular weight excluding hydrogens is 345 g/mol. The van der Waals surface area contributed by atoms with Gasteiger partial charge in [0, 0.05) is 63.3 Å². The highest BCUT2D eigenvalue weighted by Crippen LogP contribution is 2.24. The van der Waals surface area contributed by atoms with Gasteiger partial charge in [0.05, 0.1) is 0 Å². The van der Waals surface area contributed by atoms with Gasteiger partial charge in [0.2, 0.25) is 11.9 Å². The van der Waals surface area contributed by atoms with Crippen LogP contribution in [-0.2, 0) is 4.79 Å². The van der Waals surface area contributed by atoms with Gasteiger partial charge in [-0.3, -0.25) is 4.79 Å². The van der Waals surface area contributed by atoms with E-state index in [-0.39, 0.29) is 17.6 Å². The van der Waals surface area contributed by atoms with Gasteiger partial charge in [0.25, 0.3) is 0 Å². The van der Waals surface area contributed by atoms with Crippen molar-refractivity contribution in [1.82, 2.24) is 14.9 Å². The highest BCUT2D eigenvalue weighted by atomic mass is 19.1. The summed E-state index contributed by atoms with van der Waals surface area (Å²) in [5, 5.41) is 0. The largest absolute Gasteiger partial charge is 0.368 e. The zero-order valence-electron chi connectivity index (χ0n) is 15.3. The third-order valence-electron chi connectivity index (χ3n) is 5.46. The topological polar surface area (TPSA) is 52.6 Å². The second-order valence-electron chi connectivity index (χ2n) is 7.10. The van der Waals surface area contributed by atoms with Crippen LogP contribution in [0.15, 0.2) is 42.7 Å². The van der Waals surface area contributed by atoms with E-state index < -0.39 is 0 Å². The maximum Gasteiger partial charge on any atom is 0.225 e. The number of amides is 1. The Morgan fingerprint density at radius 3 is 2.15 bits per heavy atom. The van der Waals surface area contributed by atoms with Gasteiger partial charge in [-0.1, -0.05) is 0 Å². The van der Waals surface area contributed by atoms with E-state index >= 15 is 0 Å². The lowest BCUT2D eigenvalue weighted by Gasteiger charge is -2.39. The minimum Gasteiger partial charge on any atom is -0.368 e. The number of hydrogen-bond acceptors (Lipinski definition) is 5. The van der Waals surface area contributed by atoms with Gasteiger partial charge >= 0.3 is 0 Å². The fourth-order valence-electron chi connectivity index (χ4n) is 3.88. The number of rotatable bonds is 3. The molecule has 0 N–H and O–H groups in total. The van der Waals surface area contributed by atoms with Crippen LogP contribution in [0.3, 0.4) is 0 Å². The highest BCUT2D eigenvalue weighted by Gasteiger charge is 2.31. The Morgan fingerprint density at radius 1 is 0.889 bits per heavy atom. The molecule has 0 radical (unpaired) electrons. The highest BCUT2D eigenvalue weighted by molar-refractivity contribution is 5.79. The van der Waals surface area contributed by atoms with Gasteiger partial charge in [-0.2, -0.15) is 0 Å². The van der Waals surface area contributed by atoms with Crippen LogP contribution in [-0.4, -0.2) is 60.0 Å². The Kier molecular flexibility index (Phi) is 5.18. The summed E-state index contributed by atoms with van der Waals surface area (Å²) in [6.45, 7) is 4.64. The molecule has 2 fully saturated rings. The molecule has 3 heterocycles. The number of piperazine rings is 1. The number of carbonyl (C=O) groups is 1. The zero-order chi connectivity index (χ0) is 18.6. The summed E-state index contributed by atoms with van der Waals surface area (Å²) in [6.07, 6.45) is 5.19. The third-order valence-corrected chi connectivity index (χ3v) is 5.46. The number of piperidine rings is 1. The summed E-state index contributed by atoms with van der Waals surface area (Å²) in [5.41, 5.74) is 1.01. The lowest BCUT2D eigenvalue weighted by Crippen LogP contribution is -2.51. The quantitative estimate of drug-likeness (QED) is 0.830. The maximum atomic E-state index is 13.1. The number of benzene rings is 1. The first-order valence-corrected chi connectivity index (χ1v) is 9.52. The summed E-state index contributed by atoms with van der Waals surface area (Å²) < 4.78 is 13.1. The molecule has 1 aromatic carbocycles. The SMILES string of the molecule is O=C(C1CCN(c2ncccn2)CC1)N1CCN(c2ccc(F)cc2)CC1. The Morgan fingerprint density at radius 2 is 1.52 bits per heavy atom.